The molecule has 4 aromatic rings. The van der Waals surface area contributed by atoms with Crippen LogP contribution in [0.15, 0.2) is 48.5 Å². The molecule has 136 valence electrons. The van der Waals surface area contributed by atoms with Crippen molar-refractivity contribution in [2.45, 2.75) is 13.0 Å². The average Bonchev–Trinajstić information content (AvgIpc) is 2.94. The number of nitrogens with zero attached hydrogens (tertiary/aromatic N) is 4. The minimum absolute atomic E-state index is 0.0578. The smallest absolute Gasteiger partial charge is 0.267 e. The molecule has 0 saturated heterocycles. The van der Waals surface area contributed by atoms with Crippen molar-refractivity contribution < 1.29 is 13.9 Å². The van der Waals surface area contributed by atoms with Crippen molar-refractivity contribution in [1.29, 1.82) is 0 Å². The molecule has 8 heteroatoms. The number of aromatic nitrogens is 4. The van der Waals surface area contributed by atoms with E-state index in [1.807, 2.05) is 18.2 Å². The Morgan fingerprint density at radius 1 is 1.19 bits per heavy atom. The number of carbonyl (C=O) groups excluding carboxylic acids is 1. The van der Waals surface area contributed by atoms with Crippen LogP contribution in [-0.4, -0.2) is 31.8 Å². The molecular weight excluding hydrogens is 349 g/mol. The second-order valence-corrected chi connectivity index (χ2v) is 6.09. The zero-order chi connectivity index (χ0) is 19.0. The van der Waals surface area contributed by atoms with Crippen molar-refractivity contribution >= 4 is 33.9 Å². The Hall–Kier alpha value is -3.55. The van der Waals surface area contributed by atoms with Gasteiger partial charge in [0.1, 0.15) is 17.1 Å². The number of fused-ring (bicyclic) bond motifs is 3. The first-order valence-electron chi connectivity index (χ1n) is 8.34. The van der Waals surface area contributed by atoms with Gasteiger partial charge in [-0.15, -0.1) is 10.2 Å². The topological polar surface area (TPSA) is 81.9 Å². The van der Waals surface area contributed by atoms with Crippen LogP contribution in [0.4, 0.5) is 10.3 Å². The Labute approximate surface area is 153 Å². The van der Waals surface area contributed by atoms with Crippen LogP contribution in [0.3, 0.4) is 0 Å². The highest BCUT2D eigenvalue weighted by Gasteiger charge is 2.18. The number of ether oxygens (including phenoxy) is 1. The van der Waals surface area contributed by atoms with Crippen molar-refractivity contribution in [3.05, 3.63) is 54.3 Å². The van der Waals surface area contributed by atoms with Gasteiger partial charge >= 0.3 is 0 Å². The summed E-state index contributed by atoms with van der Waals surface area (Å²) in [7, 11) is 1.80. The number of anilines is 1. The summed E-state index contributed by atoms with van der Waals surface area (Å²) in [6.07, 6.45) is -0.742. The third-order valence-electron chi connectivity index (χ3n) is 4.22. The van der Waals surface area contributed by atoms with Crippen LogP contribution < -0.4 is 10.1 Å². The van der Waals surface area contributed by atoms with Crippen LogP contribution in [-0.2, 0) is 11.8 Å². The van der Waals surface area contributed by atoms with Crippen molar-refractivity contribution in [3.63, 3.8) is 0 Å². The van der Waals surface area contributed by atoms with Gasteiger partial charge in [-0.1, -0.05) is 18.2 Å². The fraction of sp³-hybridized carbons (Fsp3) is 0.158. The first-order valence-corrected chi connectivity index (χ1v) is 8.34. The van der Waals surface area contributed by atoms with Gasteiger partial charge in [0.25, 0.3) is 11.9 Å². The first-order chi connectivity index (χ1) is 13.0. The summed E-state index contributed by atoms with van der Waals surface area (Å²) < 4.78 is 20.9. The number of halogens is 1. The number of benzene rings is 2. The molecule has 1 atom stereocenters. The van der Waals surface area contributed by atoms with Gasteiger partial charge in [-0.2, -0.15) is 4.98 Å². The molecule has 0 radical (unpaired) electrons. The van der Waals surface area contributed by atoms with Crippen LogP contribution in [0.1, 0.15) is 6.92 Å². The molecule has 0 aliphatic rings. The molecule has 1 amide bonds. The minimum atomic E-state index is -0.742. The van der Waals surface area contributed by atoms with E-state index in [0.29, 0.717) is 22.3 Å². The number of rotatable bonds is 4. The maximum Gasteiger partial charge on any atom is 0.267 e. The van der Waals surface area contributed by atoms with Gasteiger partial charge in [0.15, 0.2) is 11.8 Å². The molecule has 0 aliphatic heterocycles. The van der Waals surface area contributed by atoms with E-state index in [0.717, 1.165) is 5.52 Å². The Kier molecular flexibility index (Phi) is 4.15. The van der Waals surface area contributed by atoms with E-state index >= 15 is 0 Å². The van der Waals surface area contributed by atoms with Crippen LogP contribution >= 0.6 is 0 Å². The van der Waals surface area contributed by atoms with Crippen molar-refractivity contribution in [2.75, 3.05) is 5.32 Å². The van der Waals surface area contributed by atoms with E-state index in [4.69, 9.17) is 4.74 Å². The predicted molar refractivity (Wildman–Crippen MR) is 98.9 cm³/mol. The SMILES string of the molecule is CC(Oc1ccccc1)C(=O)Nc1nnc2c3cc(F)ccc3n(C)c2n1. The van der Waals surface area contributed by atoms with Crippen LogP contribution in [0.25, 0.3) is 22.1 Å². The molecule has 2 aromatic carbocycles. The molecule has 0 bridgehead atoms. The first kappa shape index (κ1) is 16.9. The normalized spacial score (nSPS) is 12.3. The molecule has 4 rings (SSSR count). The van der Waals surface area contributed by atoms with Gasteiger partial charge in [-0.3, -0.25) is 10.1 Å². The molecule has 0 saturated carbocycles. The van der Waals surface area contributed by atoms with E-state index < -0.39 is 12.0 Å². The maximum absolute atomic E-state index is 13.5. The zero-order valence-corrected chi connectivity index (χ0v) is 14.7. The quantitative estimate of drug-likeness (QED) is 0.601. The number of para-hydroxylation sites is 1. The molecule has 1 unspecified atom stereocenters. The fourth-order valence-electron chi connectivity index (χ4n) is 2.85. The van der Waals surface area contributed by atoms with Crippen molar-refractivity contribution in [2.24, 2.45) is 7.05 Å². The number of amides is 1. The number of aryl methyl sites for hydroxylation is 1. The second-order valence-electron chi connectivity index (χ2n) is 6.09. The fourth-order valence-corrected chi connectivity index (χ4v) is 2.85. The van der Waals surface area contributed by atoms with Gasteiger partial charge in [-0.25, -0.2) is 4.39 Å². The Morgan fingerprint density at radius 3 is 2.74 bits per heavy atom. The van der Waals surface area contributed by atoms with Crippen LogP contribution in [0, 0.1) is 5.82 Å². The minimum Gasteiger partial charge on any atom is -0.481 e. The zero-order valence-electron chi connectivity index (χ0n) is 14.7. The monoisotopic (exact) mass is 365 g/mol. The van der Waals surface area contributed by atoms with E-state index in [1.165, 1.54) is 12.1 Å². The van der Waals surface area contributed by atoms with Crippen molar-refractivity contribution in [1.82, 2.24) is 19.7 Å². The lowest BCUT2D eigenvalue weighted by Crippen LogP contribution is -2.31. The molecule has 0 fully saturated rings. The van der Waals surface area contributed by atoms with Gasteiger partial charge in [0, 0.05) is 12.4 Å². The lowest BCUT2D eigenvalue weighted by molar-refractivity contribution is -0.122. The van der Waals surface area contributed by atoms with E-state index in [1.54, 1.807) is 36.7 Å². The Bertz CT molecular complexity index is 1140. The molecular formula is C19H16FN5O2. The van der Waals surface area contributed by atoms with Gasteiger partial charge in [0.05, 0.1) is 5.52 Å². The average molecular weight is 365 g/mol. The third-order valence-corrected chi connectivity index (χ3v) is 4.22. The van der Waals surface area contributed by atoms with Gasteiger partial charge < -0.3 is 9.30 Å². The van der Waals surface area contributed by atoms with Crippen LogP contribution in [0.2, 0.25) is 0 Å². The summed E-state index contributed by atoms with van der Waals surface area (Å²) in [5, 5.41) is 11.3. The third kappa shape index (κ3) is 3.17. The molecule has 7 nitrogen and oxygen atoms in total. The summed E-state index contributed by atoms with van der Waals surface area (Å²) in [6.45, 7) is 1.63. The number of hydrogen-bond donors (Lipinski definition) is 1. The highest BCUT2D eigenvalue weighted by Crippen LogP contribution is 2.26. The lowest BCUT2D eigenvalue weighted by Gasteiger charge is -2.13. The summed E-state index contributed by atoms with van der Waals surface area (Å²) >= 11 is 0. The van der Waals surface area contributed by atoms with E-state index in [2.05, 4.69) is 20.5 Å². The molecule has 0 spiro atoms. The predicted octanol–water partition coefficient (Wildman–Crippen LogP) is 3.06. The van der Waals surface area contributed by atoms with E-state index in [-0.39, 0.29) is 11.8 Å². The molecule has 2 aromatic heterocycles. The summed E-state index contributed by atoms with van der Waals surface area (Å²) in [5.41, 5.74) is 1.74. The van der Waals surface area contributed by atoms with Crippen molar-refractivity contribution in [3.8, 4) is 5.75 Å². The summed E-state index contributed by atoms with van der Waals surface area (Å²) in [4.78, 5) is 16.7. The molecule has 2 heterocycles. The maximum atomic E-state index is 13.5. The lowest BCUT2D eigenvalue weighted by atomic mass is 10.2. The Balaban J connectivity index is 1.59. The Morgan fingerprint density at radius 2 is 1.96 bits per heavy atom. The standard InChI is InChI=1S/C19H16FN5O2/c1-11(27-13-6-4-3-5-7-13)18(26)22-19-21-17-16(23-24-19)14-10-12(20)8-9-15(14)25(17)2/h3-11H,1-2H3,(H,21,22,24,26). The number of carbonyl (C=O) groups is 1. The highest BCUT2D eigenvalue weighted by atomic mass is 19.1. The largest absolute Gasteiger partial charge is 0.481 e. The molecule has 1 N–H and O–H groups in total. The number of nitrogens with one attached hydrogen (secondary N) is 1. The summed E-state index contributed by atoms with van der Waals surface area (Å²) in [6, 6.07) is 13.5. The molecule has 27 heavy (non-hydrogen) atoms. The second kappa shape index (κ2) is 6.64. The number of hydrogen-bond acceptors (Lipinski definition) is 5. The summed E-state index contributed by atoms with van der Waals surface area (Å²) in [5.74, 6) is -0.112. The van der Waals surface area contributed by atoms with E-state index in [9.17, 15) is 9.18 Å². The highest BCUT2D eigenvalue weighted by molar-refractivity contribution is 6.04. The van der Waals surface area contributed by atoms with Crippen LogP contribution in [0.5, 0.6) is 5.75 Å². The van der Waals surface area contributed by atoms with Gasteiger partial charge in [-0.05, 0) is 37.3 Å². The van der Waals surface area contributed by atoms with Gasteiger partial charge in [0.2, 0.25) is 0 Å². The molecule has 0 aliphatic carbocycles.